The molecule has 2 aromatic rings. The molecule has 2 rings (SSSR count). The largest absolute Gasteiger partial charge is 0.354 e. The number of sulfonamides is 1. The molecule has 0 heterocycles. The van der Waals surface area contributed by atoms with Gasteiger partial charge in [0, 0.05) is 19.6 Å². The Bertz CT molecular complexity index is 855. The van der Waals surface area contributed by atoms with Crippen molar-refractivity contribution in [2.45, 2.75) is 13.0 Å². The molecule has 1 amide bonds. The van der Waals surface area contributed by atoms with Crippen molar-refractivity contribution in [3.05, 3.63) is 71.3 Å². The Kier molecular flexibility index (Phi) is 6.82. The monoisotopic (exact) mass is 382 g/mol. The molecule has 0 radical (unpaired) electrons. The molecule has 140 valence electrons. The Balaban J connectivity index is 1.90. The average Bonchev–Trinajstić information content (AvgIpc) is 2.57. The number of benzene rings is 2. The zero-order chi connectivity index (χ0) is 19.2. The molecule has 0 unspecified atom stereocenters. The minimum absolute atomic E-state index is 0.0548. The third kappa shape index (κ3) is 6.20. The van der Waals surface area contributed by atoms with Gasteiger partial charge in [0.1, 0.15) is 11.6 Å². The summed E-state index contributed by atoms with van der Waals surface area (Å²) in [6.45, 7) is 0.211. The van der Waals surface area contributed by atoms with Crippen LogP contribution in [0.4, 0.5) is 8.78 Å². The highest BCUT2D eigenvalue weighted by molar-refractivity contribution is 7.88. The van der Waals surface area contributed by atoms with E-state index < -0.39 is 27.6 Å². The lowest BCUT2D eigenvalue weighted by Crippen LogP contribution is -2.38. The summed E-state index contributed by atoms with van der Waals surface area (Å²) in [5, 5.41) is 2.58. The Morgan fingerprint density at radius 3 is 2.35 bits per heavy atom. The van der Waals surface area contributed by atoms with Gasteiger partial charge in [-0.2, -0.15) is 4.31 Å². The van der Waals surface area contributed by atoms with Crippen LogP contribution in [0.25, 0.3) is 0 Å². The fraction of sp³-hybridized carbons (Fsp3) is 0.278. The van der Waals surface area contributed by atoms with Crippen molar-refractivity contribution in [3.63, 3.8) is 0 Å². The Hall–Kier alpha value is -2.32. The van der Waals surface area contributed by atoms with Crippen LogP contribution in [0.15, 0.2) is 48.5 Å². The van der Waals surface area contributed by atoms with Crippen LogP contribution < -0.4 is 5.32 Å². The van der Waals surface area contributed by atoms with Gasteiger partial charge in [0.05, 0.1) is 12.7 Å². The van der Waals surface area contributed by atoms with Crippen LogP contribution in [0.3, 0.4) is 0 Å². The van der Waals surface area contributed by atoms with Crippen LogP contribution in [0.5, 0.6) is 0 Å². The van der Waals surface area contributed by atoms with E-state index in [0.29, 0.717) is 5.56 Å². The molecule has 0 aromatic heterocycles. The van der Waals surface area contributed by atoms with E-state index in [-0.39, 0.29) is 31.6 Å². The lowest BCUT2D eigenvalue weighted by molar-refractivity contribution is -0.120. The Morgan fingerprint density at radius 2 is 1.73 bits per heavy atom. The fourth-order valence-corrected chi connectivity index (χ4v) is 3.16. The first kappa shape index (κ1) is 20.0. The maximum Gasteiger partial charge on any atom is 0.224 e. The van der Waals surface area contributed by atoms with Crippen LogP contribution >= 0.6 is 0 Å². The molecule has 0 spiro atoms. The van der Waals surface area contributed by atoms with Crippen molar-refractivity contribution in [2.24, 2.45) is 0 Å². The van der Waals surface area contributed by atoms with Gasteiger partial charge >= 0.3 is 0 Å². The van der Waals surface area contributed by atoms with Crippen molar-refractivity contribution in [2.75, 3.05) is 19.3 Å². The summed E-state index contributed by atoms with van der Waals surface area (Å²) >= 11 is 0. The third-order valence-corrected chi connectivity index (χ3v) is 4.98. The second-order valence-electron chi connectivity index (χ2n) is 5.84. The number of carbonyl (C=O) groups is 1. The Labute approximate surface area is 151 Å². The smallest absolute Gasteiger partial charge is 0.224 e. The summed E-state index contributed by atoms with van der Waals surface area (Å²) < 4.78 is 51.5. The number of nitrogens with one attached hydrogen (secondary N) is 1. The summed E-state index contributed by atoms with van der Waals surface area (Å²) in [6, 6.07) is 11.5. The van der Waals surface area contributed by atoms with Crippen molar-refractivity contribution >= 4 is 15.9 Å². The van der Waals surface area contributed by atoms with Crippen molar-refractivity contribution in [1.29, 1.82) is 0 Å². The predicted octanol–water partition coefficient (Wildman–Crippen LogP) is 2.09. The molecular weight excluding hydrogens is 362 g/mol. The number of amides is 1. The van der Waals surface area contributed by atoms with Gasteiger partial charge < -0.3 is 5.32 Å². The van der Waals surface area contributed by atoms with Crippen LogP contribution in [0, 0.1) is 11.6 Å². The van der Waals surface area contributed by atoms with Crippen molar-refractivity contribution in [1.82, 2.24) is 9.62 Å². The molecule has 0 aliphatic heterocycles. The van der Waals surface area contributed by atoms with Gasteiger partial charge in [0.2, 0.25) is 15.9 Å². The standard InChI is InChI=1S/C18H20F2N2O3S/c1-26(24,25)22(13-14-6-8-16(19)9-7-14)11-10-21-18(23)12-15-4-2-3-5-17(15)20/h2-9H,10-13H2,1H3,(H,21,23). The van der Waals surface area contributed by atoms with E-state index in [2.05, 4.69) is 5.32 Å². The van der Waals surface area contributed by atoms with Gasteiger partial charge in [-0.15, -0.1) is 0 Å². The molecule has 8 heteroatoms. The first-order chi connectivity index (χ1) is 12.3. The van der Waals surface area contributed by atoms with Crippen LogP contribution in [0.1, 0.15) is 11.1 Å². The first-order valence-corrected chi connectivity index (χ1v) is 9.80. The van der Waals surface area contributed by atoms with Gasteiger partial charge in [0.25, 0.3) is 0 Å². The number of halogens is 2. The average molecular weight is 382 g/mol. The first-order valence-electron chi connectivity index (χ1n) is 7.95. The minimum atomic E-state index is -3.51. The molecule has 5 nitrogen and oxygen atoms in total. The van der Waals surface area contributed by atoms with Crippen LogP contribution in [-0.2, 0) is 27.8 Å². The molecule has 0 bridgehead atoms. The number of rotatable bonds is 8. The predicted molar refractivity (Wildman–Crippen MR) is 94.8 cm³/mol. The number of nitrogens with zero attached hydrogens (tertiary/aromatic N) is 1. The van der Waals surface area contributed by atoms with E-state index >= 15 is 0 Å². The number of hydrogen-bond donors (Lipinski definition) is 1. The van der Waals surface area contributed by atoms with E-state index in [1.807, 2.05) is 0 Å². The second-order valence-corrected chi connectivity index (χ2v) is 7.82. The van der Waals surface area contributed by atoms with Crippen LogP contribution in [-0.4, -0.2) is 38.0 Å². The SMILES string of the molecule is CS(=O)(=O)N(CCNC(=O)Cc1ccccc1F)Cc1ccc(F)cc1. The maximum absolute atomic E-state index is 13.5. The quantitative estimate of drug-likeness (QED) is 0.760. The van der Waals surface area contributed by atoms with E-state index in [1.165, 1.54) is 46.8 Å². The molecule has 1 N–H and O–H groups in total. The van der Waals surface area contributed by atoms with E-state index in [1.54, 1.807) is 6.07 Å². The van der Waals surface area contributed by atoms with Crippen LogP contribution in [0.2, 0.25) is 0 Å². The summed E-state index contributed by atoms with van der Waals surface area (Å²) in [5.41, 5.74) is 0.908. The summed E-state index contributed by atoms with van der Waals surface area (Å²) in [7, 11) is -3.51. The zero-order valence-corrected chi connectivity index (χ0v) is 15.1. The lowest BCUT2D eigenvalue weighted by Gasteiger charge is -2.20. The van der Waals surface area contributed by atoms with Gasteiger partial charge in [-0.25, -0.2) is 17.2 Å². The highest BCUT2D eigenvalue weighted by Crippen LogP contribution is 2.10. The molecule has 2 aromatic carbocycles. The molecule has 0 atom stereocenters. The van der Waals surface area contributed by atoms with Gasteiger partial charge in [-0.05, 0) is 29.3 Å². The molecule has 0 aliphatic rings. The van der Waals surface area contributed by atoms with E-state index in [9.17, 15) is 22.0 Å². The maximum atomic E-state index is 13.5. The number of hydrogen-bond acceptors (Lipinski definition) is 3. The zero-order valence-electron chi connectivity index (χ0n) is 14.3. The summed E-state index contributed by atoms with van der Waals surface area (Å²) in [5.74, 6) is -1.26. The van der Waals surface area contributed by atoms with Crippen molar-refractivity contribution < 1.29 is 22.0 Å². The second kappa shape index (κ2) is 8.86. The van der Waals surface area contributed by atoms with E-state index in [4.69, 9.17) is 0 Å². The highest BCUT2D eigenvalue weighted by Gasteiger charge is 2.17. The topological polar surface area (TPSA) is 66.5 Å². The molecule has 0 saturated carbocycles. The highest BCUT2D eigenvalue weighted by atomic mass is 32.2. The molecule has 0 aliphatic carbocycles. The minimum Gasteiger partial charge on any atom is -0.354 e. The lowest BCUT2D eigenvalue weighted by atomic mass is 10.1. The summed E-state index contributed by atoms with van der Waals surface area (Å²) in [6.07, 6.45) is 0.946. The fourth-order valence-electron chi connectivity index (χ4n) is 2.35. The summed E-state index contributed by atoms with van der Waals surface area (Å²) in [4.78, 5) is 11.9. The molecule has 0 saturated heterocycles. The number of carbonyl (C=O) groups excluding carboxylic acids is 1. The van der Waals surface area contributed by atoms with Crippen molar-refractivity contribution in [3.8, 4) is 0 Å². The van der Waals surface area contributed by atoms with E-state index in [0.717, 1.165) is 6.26 Å². The normalized spacial score (nSPS) is 11.5. The van der Waals surface area contributed by atoms with Gasteiger partial charge in [-0.1, -0.05) is 30.3 Å². The molecular formula is C18H20F2N2O3S. The molecule has 0 fully saturated rings. The van der Waals surface area contributed by atoms with Gasteiger partial charge in [-0.3, -0.25) is 4.79 Å². The Morgan fingerprint density at radius 1 is 1.08 bits per heavy atom. The third-order valence-electron chi connectivity index (χ3n) is 3.73. The molecule has 26 heavy (non-hydrogen) atoms. The van der Waals surface area contributed by atoms with Gasteiger partial charge in [0.15, 0.2) is 0 Å².